The van der Waals surface area contributed by atoms with Crippen molar-refractivity contribution < 1.29 is 14.1 Å². The van der Waals surface area contributed by atoms with Gasteiger partial charge in [0.15, 0.2) is 5.82 Å². The second kappa shape index (κ2) is 8.85. The molecule has 144 valence electrons. The van der Waals surface area contributed by atoms with E-state index in [1.807, 2.05) is 36.4 Å². The molecule has 2 amide bonds. The highest BCUT2D eigenvalue weighted by atomic mass is 16.5. The predicted molar refractivity (Wildman–Crippen MR) is 107 cm³/mol. The fourth-order valence-electron chi connectivity index (χ4n) is 2.64. The molecule has 1 heterocycles. The van der Waals surface area contributed by atoms with Gasteiger partial charge in [-0.25, -0.2) is 0 Å². The monoisotopic (exact) mass is 378 g/mol. The number of nitrogens with zero attached hydrogens (tertiary/aromatic N) is 1. The van der Waals surface area contributed by atoms with Crippen LogP contribution in [0.3, 0.4) is 0 Å². The van der Waals surface area contributed by atoms with Crippen molar-refractivity contribution >= 4 is 23.3 Å². The standard InChI is InChI=1S/C21H22N4O3/c1-14-12-19(25-28-14)24-20(26)15(2)23-18-11-7-6-10-17(18)21(27)22-13-16-8-4-3-5-9-16/h3-12,15,23H,13H2,1-2H3,(H,22,27)(H,24,25,26). The average Bonchev–Trinajstić information content (AvgIpc) is 3.12. The maximum atomic E-state index is 12.6. The molecule has 2 aromatic carbocycles. The van der Waals surface area contributed by atoms with E-state index < -0.39 is 6.04 Å². The zero-order valence-electron chi connectivity index (χ0n) is 15.7. The molecule has 0 spiro atoms. The third-order valence-corrected chi connectivity index (χ3v) is 4.11. The molecule has 3 rings (SSSR count). The van der Waals surface area contributed by atoms with E-state index >= 15 is 0 Å². The van der Waals surface area contributed by atoms with Crippen LogP contribution in [0.15, 0.2) is 65.2 Å². The largest absolute Gasteiger partial charge is 0.373 e. The SMILES string of the molecule is Cc1cc(NC(=O)C(C)Nc2ccccc2C(=O)NCc2ccccc2)no1. The number of amides is 2. The number of nitrogens with one attached hydrogen (secondary N) is 3. The minimum absolute atomic E-state index is 0.216. The summed E-state index contributed by atoms with van der Waals surface area (Å²) in [4.78, 5) is 25.0. The Morgan fingerprint density at radius 2 is 1.79 bits per heavy atom. The summed E-state index contributed by atoms with van der Waals surface area (Å²) in [5.74, 6) is 0.459. The van der Waals surface area contributed by atoms with Gasteiger partial charge < -0.3 is 20.5 Å². The van der Waals surface area contributed by atoms with Gasteiger partial charge in [0.25, 0.3) is 5.91 Å². The minimum atomic E-state index is -0.583. The molecule has 0 aliphatic carbocycles. The van der Waals surface area contributed by atoms with Gasteiger partial charge >= 0.3 is 0 Å². The van der Waals surface area contributed by atoms with Crippen molar-refractivity contribution in [2.24, 2.45) is 0 Å². The van der Waals surface area contributed by atoms with Crippen LogP contribution in [-0.2, 0) is 11.3 Å². The van der Waals surface area contributed by atoms with Gasteiger partial charge in [0.05, 0.1) is 5.56 Å². The summed E-state index contributed by atoms with van der Waals surface area (Å²) < 4.78 is 4.94. The lowest BCUT2D eigenvalue weighted by molar-refractivity contribution is -0.116. The van der Waals surface area contributed by atoms with Crippen molar-refractivity contribution in [2.45, 2.75) is 26.4 Å². The molecule has 1 atom stereocenters. The van der Waals surface area contributed by atoms with Crippen LogP contribution in [0.5, 0.6) is 0 Å². The van der Waals surface area contributed by atoms with Crippen molar-refractivity contribution in [3.8, 4) is 0 Å². The highest BCUT2D eigenvalue weighted by molar-refractivity contribution is 6.01. The zero-order chi connectivity index (χ0) is 19.9. The first-order chi connectivity index (χ1) is 13.5. The Labute approximate surface area is 163 Å². The molecule has 0 aliphatic rings. The van der Waals surface area contributed by atoms with E-state index in [9.17, 15) is 9.59 Å². The van der Waals surface area contributed by atoms with Crippen molar-refractivity contribution in [1.29, 1.82) is 0 Å². The molecule has 1 unspecified atom stereocenters. The maximum absolute atomic E-state index is 12.6. The number of rotatable bonds is 7. The summed E-state index contributed by atoms with van der Waals surface area (Å²) >= 11 is 0. The average molecular weight is 378 g/mol. The predicted octanol–water partition coefficient (Wildman–Crippen LogP) is 3.35. The van der Waals surface area contributed by atoms with Gasteiger partial charge in [0, 0.05) is 18.3 Å². The Bertz CT molecular complexity index is 953. The van der Waals surface area contributed by atoms with E-state index in [0.29, 0.717) is 29.4 Å². The summed E-state index contributed by atoms with van der Waals surface area (Å²) in [6.07, 6.45) is 0. The molecule has 0 saturated carbocycles. The van der Waals surface area contributed by atoms with Crippen LogP contribution in [0.4, 0.5) is 11.5 Å². The Hall–Kier alpha value is -3.61. The molecule has 28 heavy (non-hydrogen) atoms. The van der Waals surface area contributed by atoms with Gasteiger partial charge in [0.2, 0.25) is 5.91 Å². The molecule has 0 fully saturated rings. The van der Waals surface area contributed by atoms with Gasteiger partial charge in [-0.3, -0.25) is 9.59 Å². The van der Waals surface area contributed by atoms with Gasteiger partial charge in [-0.05, 0) is 31.5 Å². The van der Waals surface area contributed by atoms with Crippen LogP contribution in [0.1, 0.15) is 28.6 Å². The summed E-state index contributed by atoms with van der Waals surface area (Å²) in [7, 11) is 0. The highest BCUT2D eigenvalue weighted by Gasteiger charge is 2.18. The summed E-state index contributed by atoms with van der Waals surface area (Å²) in [5.41, 5.74) is 2.05. The van der Waals surface area contributed by atoms with Crippen LogP contribution < -0.4 is 16.0 Å². The highest BCUT2D eigenvalue weighted by Crippen LogP contribution is 2.17. The first kappa shape index (κ1) is 19.2. The Balaban J connectivity index is 1.64. The molecule has 0 aliphatic heterocycles. The normalized spacial score (nSPS) is 11.5. The van der Waals surface area contributed by atoms with Gasteiger partial charge in [-0.1, -0.05) is 47.6 Å². The smallest absolute Gasteiger partial charge is 0.253 e. The Morgan fingerprint density at radius 1 is 1.07 bits per heavy atom. The molecule has 0 bridgehead atoms. The van der Waals surface area contributed by atoms with Gasteiger partial charge in [-0.2, -0.15) is 0 Å². The number of anilines is 2. The third kappa shape index (κ3) is 4.97. The number of aromatic nitrogens is 1. The number of carbonyl (C=O) groups excluding carboxylic acids is 2. The number of benzene rings is 2. The molecular formula is C21H22N4O3. The van der Waals surface area contributed by atoms with Gasteiger partial charge in [0.1, 0.15) is 11.8 Å². The third-order valence-electron chi connectivity index (χ3n) is 4.11. The van der Waals surface area contributed by atoms with E-state index in [-0.39, 0.29) is 11.8 Å². The molecule has 3 N–H and O–H groups in total. The lowest BCUT2D eigenvalue weighted by Crippen LogP contribution is -2.33. The van der Waals surface area contributed by atoms with Crippen molar-refractivity contribution in [3.05, 3.63) is 77.6 Å². The molecular weight excluding hydrogens is 356 g/mol. The number of carbonyl (C=O) groups is 2. The second-order valence-corrected chi connectivity index (χ2v) is 6.39. The molecule has 0 radical (unpaired) electrons. The van der Waals surface area contributed by atoms with E-state index in [2.05, 4.69) is 21.1 Å². The fraction of sp³-hybridized carbons (Fsp3) is 0.190. The first-order valence-corrected chi connectivity index (χ1v) is 8.95. The minimum Gasteiger partial charge on any atom is -0.373 e. The summed E-state index contributed by atoms with van der Waals surface area (Å²) in [6, 6.07) is 17.8. The Kier molecular flexibility index (Phi) is 6.06. The maximum Gasteiger partial charge on any atom is 0.253 e. The van der Waals surface area contributed by atoms with E-state index in [0.717, 1.165) is 5.56 Å². The molecule has 0 saturated heterocycles. The van der Waals surface area contributed by atoms with Gasteiger partial charge in [-0.15, -0.1) is 0 Å². The molecule has 7 nitrogen and oxygen atoms in total. The van der Waals surface area contributed by atoms with E-state index in [1.54, 1.807) is 38.1 Å². The fourth-order valence-corrected chi connectivity index (χ4v) is 2.64. The number of hydrogen-bond acceptors (Lipinski definition) is 5. The molecule has 3 aromatic rings. The number of para-hydroxylation sites is 1. The number of aryl methyl sites for hydroxylation is 1. The Morgan fingerprint density at radius 3 is 2.50 bits per heavy atom. The van der Waals surface area contributed by atoms with Crippen molar-refractivity contribution in [1.82, 2.24) is 10.5 Å². The lowest BCUT2D eigenvalue weighted by Gasteiger charge is -2.17. The molecule has 1 aromatic heterocycles. The number of hydrogen-bond donors (Lipinski definition) is 3. The van der Waals surface area contributed by atoms with Crippen molar-refractivity contribution in [2.75, 3.05) is 10.6 Å². The van der Waals surface area contributed by atoms with Crippen LogP contribution in [0.25, 0.3) is 0 Å². The van der Waals surface area contributed by atoms with E-state index in [1.165, 1.54) is 0 Å². The van der Waals surface area contributed by atoms with Crippen LogP contribution in [-0.4, -0.2) is 23.0 Å². The van der Waals surface area contributed by atoms with E-state index in [4.69, 9.17) is 4.52 Å². The van der Waals surface area contributed by atoms with Crippen molar-refractivity contribution in [3.63, 3.8) is 0 Å². The topological polar surface area (TPSA) is 96.3 Å². The lowest BCUT2D eigenvalue weighted by atomic mass is 10.1. The van der Waals surface area contributed by atoms with Crippen LogP contribution in [0.2, 0.25) is 0 Å². The van der Waals surface area contributed by atoms with Crippen LogP contribution in [0, 0.1) is 6.92 Å². The summed E-state index contributed by atoms with van der Waals surface area (Å²) in [6.45, 7) is 3.88. The summed E-state index contributed by atoms with van der Waals surface area (Å²) in [5, 5.41) is 12.4. The molecule has 7 heteroatoms. The second-order valence-electron chi connectivity index (χ2n) is 6.39. The zero-order valence-corrected chi connectivity index (χ0v) is 15.7. The first-order valence-electron chi connectivity index (χ1n) is 8.95. The quantitative estimate of drug-likeness (QED) is 0.586. The van der Waals surface area contributed by atoms with Crippen LogP contribution >= 0.6 is 0 Å².